The van der Waals surface area contributed by atoms with Crippen molar-refractivity contribution < 1.29 is 9.32 Å². The number of aryl methyl sites for hydroxylation is 1. The summed E-state index contributed by atoms with van der Waals surface area (Å²) >= 11 is 0. The molecule has 0 atom stereocenters. The summed E-state index contributed by atoms with van der Waals surface area (Å²) in [5, 5.41) is 3.78. The Kier molecular flexibility index (Phi) is 4.93. The Balaban J connectivity index is 1.60. The second kappa shape index (κ2) is 7.84. The Morgan fingerprint density at radius 3 is 2.46 bits per heavy atom. The maximum atomic E-state index is 12.6. The zero-order valence-electron chi connectivity index (χ0n) is 15.3. The lowest BCUT2D eigenvalue weighted by Gasteiger charge is -2.07. The van der Waals surface area contributed by atoms with Crippen LogP contribution in [0, 0.1) is 6.92 Å². The van der Waals surface area contributed by atoms with Gasteiger partial charge >= 0.3 is 0 Å². The standard InChI is InChI=1S/C22H18N4O2/c1-16-23-22(28-25-16)19-12-10-18(11-13-19)21(27)24-20-9-5-6-14-26(20)15-17-7-3-2-4-8-17/h2-14H,15H2,1H3. The minimum atomic E-state index is -0.304. The van der Waals surface area contributed by atoms with Crippen molar-refractivity contribution in [2.75, 3.05) is 0 Å². The van der Waals surface area contributed by atoms with Gasteiger partial charge in [-0.05, 0) is 48.9 Å². The topological polar surface area (TPSA) is 73.3 Å². The molecule has 0 aliphatic rings. The van der Waals surface area contributed by atoms with Crippen LogP contribution in [0.5, 0.6) is 0 Å². The van der Waals surface area contributed by atoms with Crippen LogP contribution in [-0.4, -0.2) is 20.6 Å². The summed E-state index contributed by atoms with van der Waals surface area (Å²) in [6.45, 7) is 2.40. The predicted molar refractivity (Wildman–Crippen MR) is 104 cm³/mol. The molecule has 2 aromatic carbocycles. The summed E-state index contributed by atoms with van der Waals surface area (Å²) in [5.74, 6) is 0.690. The summed E-state index contributed by atoms with van der Waals surface area (Å²) in [5.41, 5.74) is 3.00. The fraction of sp³-hybridized carbons (Fsp3) is 0.0909. The van der Waals surface area contributed by atoms with E-state index in [9.17, 15) is 4.79 Å². The van der Waals surface area contributed by atoms with E-state index in [-0.39, 0.29) is 5.91 Å². The van der Waals surface area contributed by atoms with Crippen LogP contribution in [0.25, 0.3) is 11.5 Å². The smallest absolute Gasteiger partial charge is 0.278 e. The van der Waals surface area contributed by atoms with Crippen LogP contribution in [0.15, 0.2) is 88.5 Å². The van der Waals surface area contributed by atoms with Gasteiger partial charge in [-0.1, -0.05) is 41.6 Å². The maximum Gasteiger partial charge on any atom is 0.278 e. The average molecular weight is 370 g/mol. The van der Waals surface area contributed by atoms with E-state index in [4.69, 9.17) is 4.52 Å². The molecule has 0 radical (unpaired) electrons. The van der Waals surface area contributed by atoms with Gasteiger partial charge in [0.25, 0.3) is 11.8 Å². The van der Waals surface area contributed by atoms with E-state index >= 15 is 0 Å². The van der Waals surface area contributed by atoms with Crippen molar-refractivity contribution in [3.05, 3.63) is 101 Å². The van der Waals surface area contributed by atoms with E-state index in [0.29, 0.717) is 29.3 Å². The molecule has 0 fully saturated rings. The SMILES string of the molecule is Cc1noc(-c2ccc(C(=O)N=c3ccccn3Cc3ccccc3)cc2)n1. The van der Waals surface area contributed by atoms with Gasteiger partial charge in [0, 0.05) is 23.9 Å². The first-order valence-corrected chi connectivity index (χ1v) is 8.88. The Morgan fingerprint density at radius 2 is 1.75 bits per heavy atom. The highest BCUT2D eigenvalue weighted by Crippen LogP contribution is 2.17. The quantitative estimate of drug-likeness (QED) is 0.550. The van der Waals surface area contributed by atoms with Crippen molar-refractivity contribution in [1.82, 2.24) is 14.7 Å². The van der Waals surface area contributed by atoms with E-state index in [1.165, 1.54) is 0 Å². The van der Waals surface area contributed by atoms with Gasteiger partial charge < -0.3 is 9.09 Å². The number of aromatic nitrogens is 3. The van der Waals surface area contributed by atoms with Crippen molar-refractivity contribution in [3.63, 3.8) is 0 Å². The maximum absolute atomic E-state index is 12.6. The molecule has 0 aliphatic carbocycles. The summed E-state index contributed by atoms with van der Waals surface area (Å²) in [4.78, 5) is 21.1. The van der Waals surface area contributed by atoms with E-state index in [0.717, 1.165) is 11.1 Å². The number of nitrogens with zero attached hydrogens (tertiary/aromatic N) is 4. The number of benzene rings is 2. The molecule has 0 unspecified atom stereocenters. The summed E-state index contributed by atoms with van der Waals surface area (Å²) in [7, 11) is 0. The molecule has 28 heavy (non-hydrogen) atoms. The third kappa shape index (κ3) is 3.96. The molecule has 138 valence electrons. The molecule has 0 saturated carbocycles. The van der Waals surface area contributed by atoms with Crippen LogP contribution in [-0.2, 0) is 6.54 Å². The highest BCUT2D eigenvalue weighted by molar-refractivity contribution is 5.95. The molecular formula is C22H18N4O2. The normalized spacial score (nSPS) is 11.5. The fourth-order valence-electron chi connectivity index (χ4n) is 2.82. The predicted octanol–water partition coefficient (Wildman–Crippen LogP) is 3.64. The van der Waals surface area contributed by atoms with Crippen molar-refractivity contribution in [3.8, 4) is 11.5 Å². The minimum absolute atomic E-state index is 0.304. The largest absolute Gasteiger partial charge is 0.334 e. The molecule has 0 spiro atoms. The van der Waals surface area contributed by atoms with E-state index in [1.54, 1.807) is 31.2 Å². The van der Waals surface area contributed by atoms with Gasteiger partial charge in [0.05, 0.1) is 0 Å². The number of carbonyl (C=O) groups excluding carboxylic acids is 1. The lowest BCUT2D eigenvalue weighted by molar-refractivity contribution is 0.0997. The zero-order chi connectivity index (χ0) is 19.3. The number of carbonyl (C=O) groups is 1. The van der Waals surface area contributed by atoms with Crippen molar-refractivity contribution in [2.45, 2.75) is 13.5 Å². The molecule has 4 aromatic rings. The van der Waals surface area contributed by atoms with Crippen LogP contribution in [0.3, 0.4) is 0 Å². The fourth-order valence-corrected chi connectivity index (χ4v) is 2.82. The van der Waals surface area contributed by atoms with Gasteiger partial charge in [-0.3, -0.25) is 4.79 Å². The first-order valence-electron chi connectivity index (χ1n) is 8.88. The van der Waals surface area contributed by atoms with Crippen molar-refractivity contribution in [2.24, 2.45) is 4.99 Å². The number of hydrogen-bond donors (Lipinski definition) is 0. The monoisotopic (exact) mass is 370 g/mol. The van der Waals surface area contributed by atoms with E-state index < -0.39 is 0 Å². The van der Waals surface area contributed by atoms with Crippen molar-refractivity contribution in [1.29, 1.82) is 0 Å². The second-order valence-corrected chi connectivity index (χ2v) is 6.31. The molecule has 2 heterocycles. The Hall–Kier alpha value is -3.80. The van der Waals surface area contributed by atoms with Gasteiger partial charge in [0.1, 0.15) is 5.49 Å². The molecule has 0 aliphatic heterocycles. The molecule has 2 aromatic heterocycles. The lowest BCUT2D eigenvalue weighted by Crippen LogP contribution is -2.22. The number of amides is 1. The minimum Gasteiger partial charge on any atom is -0.334 e. The molecule has 6 heteroatoms. The Morgan fingerprint density at radius 1 is 1.00 bits per heavy atom. The third-order valence-electron chi connectivity index (χ3n) is 4.23. The van der Waals surface area contributed by atoms with Crippen LogP contribution in [0.4, 0.5) is 0 Å². The van der Waals surface area contributed by atoms with Crippen LogP contribution >= 0.6 is 0 Å². The Labute approximate surface area is 161 Å². The van der Waals surface area contributed by atoms with Gasteiger partial charge in [-0.25, -0.2) is 0 Å². The third-order valence-corrected chi connectivity index (χ3v) is 4.23. The summed E-state index contributed by atoms with van der Waals surface area (Å²) in [6.07, 6.45) is 1.92. The highest BCUT2D eigenvalue weighted by atomic mass is 16.5. The van der Waals surface area contributed by atoms with Gasteiger partial charge in [0.2, 0.25) is 0 Å². The van der Waals surface area contributed by atoms with Crippen LogP contribution < -0.4 is 5.49 Å². The molecule has 1 amide bonds. The van der Waals surface area contributed by atoms with Crippen LogP contribution in [0.2, 0.25) is 0 Å². The molecule has 0 bridgehead atoms. The van der Waals surface area contributed by atoms with Gasteiger partial charge in [0.15, 0.2) is 5.82 Å². The Bertz CT molecular complexity index is 1160. The number of rotatable bonds is 4. The van der Waals surface area contributed by atoms with Crippen LogP contribution in [0.1, 0.15) is 21.7 Å². The summed E-state index contributed by atoms with van der Waals surface area (Å²) in [6, 6.07) is 22.7. The molecule has 4 rings (SSSR count). The summed E-state index contributed by atoms with van der Waals surface area (Å²) < 4.78 is 7.09. The van der Waals surface area contributed by atoms with Gasteiger partial charge in [-0.15, -0.1) is 0 Å². The number of pyridine rings is 1. The van der Waals surface area contributed by atoms with E-state index in [2.05, 4.69) is 15.1 Å². The average Bonchev–Trinajstić information content (AvgIpc) is 3.17. The number of hydrogen-bond acceptors (Lipinski definition) is 4. The second-order valence-electron chi connectivity index (χ2n) is 6.31. The molecule has 0 N–H and O–H groups in total. The zero-order valence-corrected chi connectivity index (χ0v) is 15.3. The van der Waals surface area contributed by atoms with E-state index in [1.807, 2.05) is 59.3 Å². The molecule has 6 nitrogen and oxygen atoms in total. The van der Waals surface area contributed by atoms with Gasteiger partial charge in [-0.2, -0.15) is 9.98 Å². The van der Waals surface area contributed by atoms with Crippen molar-refractivity contribution >= 4 is 5.91 Å². The molecule has 0 saturated heterocycles. The lowest BCUT2D eigenvalue weighted by atomic mass is 10.1. The molecular weight excluding hydrogens is 352 g/mol. The first kappa shape index (κ1) is 17.6. The highest BCUT2D eigenvalue weighted by Gasteiger charge is 2.09. The first-order chi connectivity index (χ1) is 13.7.